The SMILES string of the molecule is CCC(NC(=O)CSc1n[nH]c(COc2ccc(Cl)cc2)n1)c1ccc(Cl)cc1. The van der Waals surface area contributed by atoms with Crippen molar-refractivity contribution in [3.8, 4) is 5.75 Å². The lowest BCUT2D eigenvalue weighted by Crippen LogP contribution is -2.29. The molecule has 0 saturated heterocycles. The molecule has 152 valence electrons. The third-order valence-electron chi connectivity index (χ3n) is 4.05. The average molecular weight is 451 g/mol. The summed E-state index contributed by atoms with van der Waals surface area (Å²) in [5.41, 5.74) is 1.02. The van der Waals surface area contributed by atoms with E-state index in [9.17, 15) is 4.79 Å². The van der Waals surface area contributed by atoms with Gasteiger partial charge in [-0.15, -0.1) is 5.10 Å². The molecule has 0 aliphatic rings. The zero-order valence-electron chi connectivity index (χ0n) is 15.7. The van der Waals surface area contributed by atoms with E-state index >= 15 is 0 Å². The second-order valence-corrected chi connectivity index (χ2v) is 7.99. The van der Waals surface area contributed by atoms with E-state index in [0.29, 0.717) is 26.8 Å². The number of carbonyl (C=O) groups excluding carboxylic acids is 1. The largest absolute Gasteiger partial charge is 0.486 e. The average Bonchev–Trinajstić information content (AvgIpc) is 3.19. The van der Waals surface area contributed by atoms with Crippen molar-refractivity contribution in [1.82, 2.24) is 20.5 Å². The summed E-state index contributed by atoms with van der Waals surface area (Å²) in [6, 6.07) is 14.5. The smallest absolute Gasteiger partial charge is 0.230 e. The summed E-state index contributed by atoms with van der Waals surface area (Å²) in [5.74, 6) is 1.41. The fraction of sp³-hybridized carbons (Fsp3) is 0.250. The Hall–Kier alpha value is -2.22. The summed E-state index contributed by atoms with van der Waals surface area (Å²) in [6.07, 6.45) is 0.783. The zero-order chi connectivity index (χ0) is 20.6. The van der Waals surface area contributed by atoms with Gasteiger partial charge in [-0.3, -0.25) is 9.89 Å². The maximum Gasteiger partial charge on any atom is 0.230 e. The molecule has 3 aromatic rings. The minimum absolute atomic E-state index is 0.0594. The number of halogens is 2. The molecule has 0 radical (unpaired) electrons. The number of H-pyrrole nitrogens is 1. The summed E-state index contributed by atoms with van der Waals surface area (Å²) < 4.78 is 5.62. The molecule has 0 aliphatic carbocycles. The summed E-state index contributed by atoms with van der Waals surface area (Å²) >= 11 is 13.0. The van der Waals surface area contributed by atoms with Crippen LogP contribution in [0.3, 0.4) is 0 Å². The Kier molecular flexibility index (Phi) is 7.80. The van der Waals surface area contributed by atoms with Crippen molar-refractivity contribution in [2.45, 2.75) is 31.1 Å². The standard InChI is InChI=1S/C20H20Cl2N4O2S/c1-2-17(13-3-5-14(21)6-4-13)23-19(27)12-29-20-24-18(25-26-20)11-28-16-9-7-15(22)8-10-16/h3-10,17H,2,11-12H2,1H3,(H,23,27)(H,24,25,26). The number of hydrogen-bond acceptors (Lipinski definition) is 5. The number of aromatic amines is 1. The third-order valence-corrected chi connectivity index (χ3v) is 5.40. The van der Waals surface area contributed by atoms with E-state index in [1.807, 2.05) is 31.2 Å². The molecular formula is C20H20Cl2N4O2S. The van der Waals surface area contributed by atoms with Crippen LogP contribution in [0.4, 0.5) is 0 Å². The number of rotatable bonds is 9. The number of carbonyl (C=O) groups is 1. The highest BCUT2D eigenvalue weighted by molar-refractivity contribution is 7.99. The highest BCUT2D eigenvalue weighted by atomic mass is 35.5. The molecule has 9 heteroatoms. The first-order chi connectivity index (χ1) is 14.0. The number of nitrogens with one attached hydrogen (secondary N) is 2. The summed E-state index contributed by atoms with van der Waals surface area (Å²) in [4.78, 5) is 16.6. The fourth-order valence-corrected chi connectivity index (χ4v) is 3.45. The molecule has 1 unspecified atom stereocenters. The third kappa shape index (κ3) is 6.66. The first-order valence-electron chi connectivity index (χ1n) is 9.00. The van der Waals surface area contributed by atoms with Gasteiger partial charge in [0.25, 0.3) is 0 Å². The molecule has 1 aromatic heterocycles. The quantitative estimate of drug-likeness (QED) is 0.445. The number of aromatic nitrogens is 3. The van der Waals surface area contributed by atoms with Gasteiger partial charge in [0.1, 0.15) is 12.4 Å². The Morgan fingerprint density at radius 3 is 2.45 bits per heavy atom. The van der Waals surface area contributed by atoms with Gasteiger partial charge in [-0.1, -0.05) is 54.0 Å². The van der Waals surface area contributed by atoms with Gasteiger partial charge in [-0.2, -0.15) is 0 Å². The van der Waals surface area contributed by atoms with E-state index in [0.717, 1.165) is 12.0 Å². The van der Waals surface area contributed by atoms with Crippen molar-refractivity contribution >= 4 is 40.9 Å². The van der Waals surface area contributed by atoms with Crippen LogP contribution in [0.15, 0.2) is 53.7 Å². The molecule has 1 heterocycles. The molecule has 2 N–H and O–H groups in total. The molecule has 2 aromatic carbocycles. The van der Waals surface area contributed by atoms with Gasteiger partial charge in [0.15, 0.2) is 5.82 Å². The maximum atomic E-state index is 12.3. The van der Waals surface area contributed by atoms with Crippen molar-refractivity contribution in [3.63, 3.8) is 0 Å². The van der Waals surface area contributed by atoms with Gasteiger partial charge in [-0.25, -0.2) is 4.98 Å². The van der Waals surface area contributed by atoms with Crippen LogP contribution in [-0.4, -0.2) is 26.8 Å². The predicted molar refractivity (Wildman–Crippen MR) is 116 cm³/mol. The van der Waals surface area contributed by atoms with E-state index in [-0.39, 0.29) is 24.3 Å². The van der Waals surface area contributed by atoms with Crippen LogP contribution in [0.1, 0.15) is 30.8 Å². The summed E-state index contributed by atoms with van der Waals surface area (Å²) in [7, 11) is 0. The van der Waals surface area contributed by atoms with Crippen LogP contribution >= 0.6 is 35.0 Å². The summed E-state index contributed by atoms with van der Waals surface area (Å²) in [6.45, 7) is 2.27. The van der Waals surface area contributed by atoms with Gasteiger partial charge < -0.3 is 10.1 Å². The number of nitrogens with zero attached hydrogens (tertiary/aromatic N) is 2. The van der Waals surface area contributed by atoms with Crippen LogP contribution in [0.2, 0.25) is 10.0 Å². The first kappa shape index (κ1) is 21.5. The Bertz CT molecular complexity index is 932. The van der Waals surface area contributed by atoms with E-state index in [1.165, 1.54) is 11.8 Å². The van der Waals surface area contributed by atoms with E-state index < -0.39 is 0 Å². The predicted octanol–water partition coefficient (Wildman–Crippen LogP) is 5.05. The molecule has 0 bridgehead atoms. The lowest BCUT2D eigenvalue weighted by atomic mass is 10.0. The summed E-state index contributed by atoms with van der Waals surface area (Å²) in [5, 5.41) is 11.8. The molecular weight excluding hydrogens is 431 g/mol. The number of amides is 1. The van der Waals surface area contributed by atoms with Gasteiger partial charge >= 0.3 is 0 Å². The van der Waals surface area contributed by atoms with E-state index in [4.69, 9.17) is 27.9 Å². The lowest BCUT2D eigenvalue weighted by Gasteiger charge is -2.17. The number of ether oxygens (including phenoxy) is 1. The molecule has 1 atom stereocenters. The van der Waals surface area contributed by atoms with Gasteiger partial charge in [-0.05, 0) is 48.4 Å². The normalized spacial score (nSPS) is 11.8. The molecule has 29 heavy (non-hydrogen) atoms. The van der Waals surface area contributed by atoms with Crippen molar-refractivity contribution in [3.05, 3.63) is 70.0 Å². The number of thioether (sulfide) groups is 1. The Labute approximate surface area is 183 Å². The maximum absolute atomic E-state index is 12.3. The van der Waals surface area contributed by atoms with Gasteiger partial charge in [0.05, 0.1) is 11.8 Å². The minimum atomic E-state index is -0.0828. The van der Waals surface area contributed by atoms with Crippen LogP contribution < -0.4 is 10.1 Å². The lowest BCUT2D eigenvalue weighted by molar-refractivity contribution is -0.119. The highest BCUT2D eigenvalue weighted by Gasteiger charge is 2.14. The van der Waals surface area contributed by atoms with Crippen LogP contribution in [0, 0.1) is 0 Å². The Morgan fingerprint density at radius 1 is 1.14 bits per heavy atom. The molecule has 3 rings (SSSR count). The molecule has 0 spiro atoms. The van der Waals surface area contributed by atoms with Crippen molar-refractivity contribution < 1.29 is 9.53 Å². The second kappa shape index (κ2) is 10.5. The van der Waals surface area contributed by atoms with Crippen molar-refractivity contribution in [2.24, 2.45) is 0 Å². The monoisotopic (exact) mass is 450 g/mol. The Balaban J connectivity index is 1.46. The highest BCUT2D eigenvalue weighted by Crippen LogP contribution is 2.20. The van der Waals surface area contributed by atoms with Crippen LogP contribution in [0.5, 0.6) is 5.75 Å². The fourth-order valence-electron chi connectivity index (χ4n) is 2.57. The van der Waals surface area contributed by atoms with E-state index in [1.54, 1.807) is 24.3 Å². The molecule has 1 amide bonds. The van der Waals surface area contributed by atoms with Gasteiger partial charge in [0, 0.05) is 10.0 Å². The number of benzene rings is 2. The zero-order valence-corrected chi connectivity index (χ0v) is 18.0. The van der Waals surface area contributed by atoms with Gasteiger partial charge in [0.2, 0.25) is 11.1 Å². The van der Waals surface area contributed by atoms with Crippen LogP contribution in [0.25, 0.3) is 0 Å². The Morgan fingerprint density at radius 2 is 1.79 bits per heavy atom. The van der Waals surface area contributed by atoms with Crippen LogP contribution in [-0.2, 0) is 11.4 Å². The topological polar surface area (TPSA) is 79.9 Å². The van der Waals surface area contributed by atoms with Crippen molar-refractivity contribution in [2.75, 3.05) is 5.75 Å². The van der Waals surface area contributed by atoms with E-state index in [2.05, 4.69) is 20.5 Å². The first-order valence-corrected chi connectivity index (χ1v) is 10.7. The number of hydrogen-bond donors (Lipinski definition) is 2. The minimum Gasteiger partial charge on any atom is -0.486 e. The van der Waals surface area contributed by atoms with Crippen molar-refractivity contribution in [1.29, 1.82) is 0 Å². The second-order valence-electron chi connectivity index (χ2n) is 6.18. The molecule has 6 nitrogen and oxygen atoms in total. The molecule has 0 fully saturated rings. The molecule has 0 aliphatic heterocycles. The molecule has 0 saturated carbocycles.